The lowest BCUT2D eigenvalue weighted by molar-refractivity contribution is -0.231. The van der Waals surface area contributed by atoms with Gasteiger partial charge in [-0.25, -0.2) is 0 Å². The molecule has 2 N–H and O–H groups in total. The molecule has 152 valence electrons. The largest absolute Gasteiger partial charge is 0.342 e. The molecule has 10 heteroatoms. The predicted molar refractivity (Wildman–Crippen MR) is 92.4 cm³/mol. The van der Waals surface area contributed by atoms with Crippen LogP contribution in [0.1, 0.15) is 38.1 Å². The van der Waals surface area contributed by atoms with Gasteiger partial charge in [-0.2, -0.15) is 0 Å². The van der Waals surface area contributed by atoms with Gasteiger partial charge in [-0.1, -0.05) is 0 Å². The molecule has 0 saturated carbocycles. The zero-order valence-electron chi connectivity index (χ0n) is 16.0. The van der Waals surface area contributed by atoms with Crippen LogP contribution in [0.25, 0.3) is 0 Å². The summed E-state index contributed by atoms with van der Waals surface area (Å²) in [6.45, 7) is 7.02. The predicted octanol–water partition coefficient (Wildman–Crippen LogP) is 0.239. The summed E-state index contributed by atoms with van der Waals surface area (Å²) in [4.78, 5) is 28.7. The molecule has 1 aromatic rings. The number of nitrogens with zero attached hydrogens (tertiary/aromatic N) is 1. The van der Waals surface area contributed by atoms with Crippen molar-refractivity contribution in [1.29, 1.82) is 0 Å². The Labute approximate surface area is 161 Å². The summed E-state index contributed by atoms with van der Waals surface area (Å²) in [5, 5.41) is 0. The second-order valence-electron chi connectivity index (χ2n) is 7.78. The number of pyridine rings is 1. The molecule has 2 amide bonds. The van der Waals surface area contributed by atoms with Crippen molar-refractivity contribution in [2.75, 3.05) is 0 Å². The number of amides is 2. The first kappa shape index (κ1) is 19.2. The van der Waals surface area contributed by atoms with E-state index in [1.165, 1.54) is 6.20 Å². The van der Waals surface area contributed by atoms with Crippen molar-refractivity contribution in [3.8, 4) is 0 Å². The van der Waals surface area contributed by atoms with Gasteiger partial charge in [0.25, 0.3) is 11.8 Å². The smallest absolute Gasteiger partial charge is 0.271 e. The van der Waals surface area contributed by atoms with Gasteiger partial charge in [0.05, 0.1) is 5.56 Å². The van der Waals surface area contributed by atoms with Crippen molar-refractivity contribution in [3.05, 3.63) is 30.1 Å². The maximum Gasteiger partial charge on any atom is 0.271 e. The van der Waals surface area contributed by atoms with Crippen LogP contribution in [0, 0.1) is 0 Å². The quantitative estimate of drug-likeness (QED) is 0.686. The highest BCUT2D eigenvalue weighted by atomic mass is 16.9. The third kappa shape index (κ3) is 3.61. The standard InChI is InChI=1S/C18H23N3O7/c1-17(2)25-10-11(26-17)13-16(28-18(3,4)27-13)24-12(10)15(23)21-20-14(22)9-6-5-7-19-8-9/h5-8,10-13,16H,1-4H3,(H,20,22)(H,21,23)/t10-,11+,12+,13-,16+/m1/s1. The van der Waals surface area contributed by atoms with Crippen LogP contribution in [-0.4, -0.2) is 59.1 Å². The van der Waals surface area contributed by atoms with Gasteiger partial charge in [-0.05, 0) is 39.8 Å². The van der Waals surface area contributed by atoms with E-state index in [-0.39, 0.29) is 0 Å². The SMILES string of the molecule is CC1(C)O[C@H]2[C@@H](O1)[C@@H](C(=O)NNC(=O)c1cccnc1)O[C@H]1OC(C)(C)O[C@@H]12. The second-order valence-corrected chi connectivity index (χ2v) is 7.78. The first-order valence-electron chi connectivity index (χ1n) is 9.02. The molecule has 3 aliphatic heterocycles. The summed E-state index contributed by atoms with van der Waals surface area (Å²) in [5.41, 5.74) is 5.02. The number of nitrogens with one attached hydrogen (secondary N) is 2. The molecule has 5 atom stereocenters. The number of fused-ring (bicyclic) bond motifs is 3. The first-order valence-corrected chi connectivity index (χ1v) is 9.02. The van der Waals surface area contributed by atoms with Crippen LogP contribution >= 0.6 is 0 Å². The van der Waals surface area contributed by atoms with Crippen molar-refractivity contribution < 1.29 is 33.3 Å². The van der Waals surface area contributed by atoms with E-state index in [1.54, 1.807) is 46.0 Å². The average Bonchev–Trinajstić information content (AvgIpc) is 3.13. The molecule has 4 heterocycles. The first-order chi connectivity index (χ1) is 13.2. The minimum absolute atomic E-state index is 0.307. The van der Waals surface area contributed by atoms with Crippen LogP contribution in [0.5, 0.6) is 0 Å². The third-order valence-electron chi connectivity index (χ3n) is 4.64. The van der Waals surface area contributed by atoms with E-state index in [9.17, 15) is 9.59 Å². The van der Waals surface area contributed by atoms with Gasteiger partial charge < -0.3 is 23.7 Å². The Balaban J connectivity index is 1.47. The second kappa shape index (κ2) is 6.75. The fourth-order valence-corrected chi connectivity index (χ4v) is 3.58. The molecule has 3 fully saturated rings. The van der Waals surface area contributed by atoms with Crippen LogP contribution in [-0.2, 0) is 28.5 Å². The van der Waals surface area contributed by atoms with Crippen LogP contribution < -0.4 is 10.9 Å². The van der Waals surface area contributed by atoms with Gasteiger partial charge in [0, 0.05) is 12.4 Å². The van der Waals surface area contributed by atoms with Gasteiger partial charge in [-0.3, -0.25) is 25.4 Å². The number of rotatable bonds is 2. The van der Waals surface area contributed by atoms with E-state index < -0.39 is 54.1 Å². The van der Waals surface area contributed by atoms with Gasteiger partial charge in [0.1, 0.15) is 18.3 Å². The Morgan fingerprint density at radius 3 is 2.36 bits per heavy atom. The summed E-state index contributed by atoms with van der Waals surface area (Å²) >= 11 is 0. The summed E-state index contributed by atoms with van der Waals surface area (Å²) in [5.74, 6) is -2.88. The lowest BCUT2D eigenvalue weighted by atomic mass is 9.98. The number of hydrogen-bond acceptors (Lipinski definition) is 8. The Morgan fingerprint density at radius 2 is 1.64 bits per heavy atom. The minimum Gasteiger partial charge on any atom is -0.342 e. The molecule has 10 nitrogen and oxygen atoms in total. The van der Waals surface area contributed by atoms with E-state index in [2.05, 4.69) is 15.8 Å². The molecule has 0 spiro atoms. The Kier molecular flexibility index (Phi) is 4.63. The van der Waals surface area contributed by atoms with E-state index in [0.717, 1.165) is 0 Å². The molecule has 1 aromatic heterocycles. The Bertz CT molecular complexity index is 770. The number of hydrazine groups is 1. The summed E-state index contributed by atoms with van der Waals surface area (Å²) in [6, 6.07) is 3.20. The summed E-state index contributed by atoms with van der Waals surface area (Å²) < 4.78 is 29.3. The summed E-state index contributed by atoms with van der Waals surface area (Å²) in [7, 11) is 0. The lowest BCUT2D eigenvalue weighted by Gasteiger charge is -2.36. The Morgan fingerprint density at radius 1 is 0.964 bits per heavy atom. The number of aromatic nitrogens is 1. The van der Waals surface area contributed by atoms with Gasteiger partial charge >= 0.3 is 0 Å². The van der Waals surface area contributed by atoms with E-state index in [1.807, 2.05) is 0 Å². The fraction of sp³-hybridized carbons (Fsp3) is 0.611. The third-order valence-corrected chi connectivity index (χ3v) is 4.64. The van der Waals surface area contributed by atoms with Crippen molar-refractivity contribution in [2.45, 2.75) is 70.0 Å². The van der Waals surface area contributed by atoms with Crippen molar-refractivity contribution in [2.24, 2.45) is 0 Å². The molecule has 3 aliphatic rings. The van der Waals surface area contributed by atoms with Crippen LogP contribution in [0.15, 0.2) is 24.5 Å². The average molecular weight is 393 g/mol. The summed E-state index contributed by atoms with van der Waals surface area (Å²) in [6.07, 6.45) is -0.716. The number of carbonyl (C=O) groups is 2. The normalized spacial score (nSPS) is 34.9. The van der Waals surface area contributed by atoms with Gasteiger partial charge in [0.2, 0.25) is 0 Å². The molecule has 0 aliphatic carbocycles. The molecule has 4 rings (SSSR count). The van der Waals surface area contributed by atoms with E-state index in [4.69, 9.17) is 23.7 Å². The van der Waals surface area contributed by atoms with Crippen LogP contribution in [0.4, 0.5) is 0 Å². The molecule has 0 aromatic carbocycles. The van der Waals surface area contributed by atoms with E-state index >= 15 is 0 Å². The lowest BCUT2D eigenvalue weighted by Crippen LogP contribution is -2.61. The molecule has 28 heavy (non-hydrogen) atoms. The topological polar surface area (TPSA) is 117 Å². The number of carbonyl (C=O) groups excluding carboxylic acids is 2. The van der Waals surface area contributed by atoms with E-state index in [0.29, 0.717) is 5.56 Å². The molecule has 3 saturated heterocycles. The van der Waals surface area contributed by atoms with Crippen molar-refractivity contribution in [1.82, 2.24) is 15.8 Å². The number of ether oxygens (including phenoxy) is 5. The monoisotopic (exact) mass is 393 g/mol. The maximum atomic E-state index is 12.7. The highest BCUT2D eigenvalue weighted by Gasteiger charge is 2.62. The molecular formula is C18H23N3O7. The fourth-order valence-electron chi connectivity index (χ4n) is 3.58. The van der Waals surface area contributed by atoms with Gasteiger partial charge in [-0.15, -0.1) is 0 Å². The highest BCUT2D eigenvalue weighted by Crippen LogP contribution is 2.44. The van der Waals surface area contributed by atoms with Crippen molar-refractivity contribution >= 4 is 11.8 Å². The zero-order chi connectivity index (χ0) is 20.1. The van der Waals surface area contributed by atoms with Crippen molar-refractivity contribution in [3.63, 3.8) is 0 Å². The number of hydrogen-bond donors (Lipinski definition) is 2. The zero-order valence-corrected chi connectivity index (χ0v) is 16.0. The molecule has 0 unspecified atom stereocenters. The van der Waals surface area contributed by atoms with Crippen LogP contribution in [0.3, 0.4) is 0 Å². The van der Waals surface area contributed by atoms with Crippen LogP contribution in [0.2, 0.25) is 0 Å². The molecular weight excluding hydrogens is 370 g/mol. The Hall–Kier alpha value is -2.11. The highest BCUT2D eigenvalue weighted by molar-refractivity contribution is 5.95. The maximum absolute atomic E-state index is 12.7. The van der Waals surface area contributed by atoms with Gasteiger partial charge in [0.15, 0.2) is 24.0 Å². The minimum atomic E-state index is -1.06. The molecule has 0 bridgehead atoms. The molecule has 0 radical (unpaired) electrons.